The first-order chi connectivity index (χ1) is 27.5. The van der Waals surface area contributed by atoms with E-state index in [0.29, 0.717) is 19.4 Å². The molecule has 2 unspecified atom stereocenters. The van der Waals surface area contributed by atoms with Gasteiger partial charge in [0.25, 0.3) is 0 Å². The normalized spacial score (nSPS) is 13.0. The molecule has 1 amide bonds. The summed E-state index contributed by atoms with van der Waals surface area (Å²) in [4.78, 5) is 24.4. The van der Waals surface area contributed by atoms with Gasteiger partial charge < -0.3 is 20.3 Å². The summed E-state index contributed by atoms with van der Waals surface area (Å²) in [6, 6.07) is -0.645. The molecule has 0 aliphatic heterocycles. The quantitative estimate of drug-likeness (QED) is 0.0325. The van der Waals surface area contributed by atoms with E-state index in [2.05, 4.69) is 43.5 Å². The van der Waals surface area contributed by atoms with E-state index in [-0.39, 0.29) is 18.5 Å². The zero-order valence-corrected chi connectivity index (χ0v) is 37.1. The van der Waals surface area contributed by atoms with E-state index in [4.69, 9.17) is 4.74 Å². The minimum absolute atomic E-state index is 0.0368. The number of ether oxygens (including phenoxy) is 1. The van der Waals surface area contributed by atoms with Crippen LogP contribution in [0.1, 0.15) is 245 Å². The van der Waals surface area contributed by atoms with Crippen molar-refractivity contribution in [2.24, 2.45) is 0 Å². The van der Waals surface area contributed by atoms with E-state index in [1.807, 2.05) is 6.08 Å². The lowest BCUT2D eigenvalue weighted by molar-refractivity contribution is -0.143. The molecule has 0 saturated heterocycles. The Hall–Kier alpha value is -1.92. The smallest absolute Gasteiger partial charge is 0.305 e. The molecule has 6 nitrogen and oxygen atoms in total. The van der Waals surface area contributed by atoms with Gasteiger partial charge in [-0.25, -0.2) is 0 Å². The Labute approximate surface area is 347 Å². The lowest BCUT2D eigenvalue weighted by atomic mass is 10.0. The number of hydrogen-bond acceptors (Lipinski definition) is 5. The second-order valence-corrected chi connectivity index (χ2v) is 16.4. The van der Waals surface area contributed by atoms with Crippen LogP contribution in [-0.4, -0.2) is 47.4 Å². The van der Waals surface area contributed by atoms with Crippen molar-refractivity contribution >= 4 is 11.9 Å². The summed E-state index contributed by atoms with van der Waals surface area (Å²) in [5.74, 6) is -0.129. The van der Waals surface area contributed by atoms with Gasteiger partial charge in [-0.05, 0) is 57.8 Å². The van der Waals surface area contributed by atoms with Crippen LogP contribution in [0.5, 0.6) is 0 Å². The van der Waals surface area contributed by atoms with Crippen molar-refractivity contribution in [2.45, 2.75) is 257 Å². The van der Waals surface area contributed by atoms with E-state index in [9.17, 15) is 19.8 Å². The van der Waals surface area contributed by atoms with Crippen LogP contribution in [0.3, 0.4) is 0 Å². The highest BCUT2D eigenvalue weighted by atomic mass is 16.5. The van der Waals surface area contributed by atoms with Crippen LogP contribution in [0.2, 0.25) is 0 Å². The van der Waals surface area contributed by atoms with E-state index in [0.717, 1.165) is 70.6 Å². The minimum atomic E-state index is -0.860. The van der Waals surface area contributed by atoms with E-state index < -0.39 is 12.1 Å². The summed E-state index contributed by atoms with van der Waals surface area (Å²) in [6.45, 7) is 4.77. The highest BCUT2D eigenvalue weighted by Crippen LogP contribution is 2.15. The topological polar surface area (TPSA) is 95.9 Å². The zero-order valence-electron chi connectivity index (χ0n) is 37.1. The molecule has 56 heavy (non-hydrogen) atoms. The molecule has 0 aliphatic carbocycles. The van der Waals surface area contributed by atoms with Crippen molar-refractivity contribution in [3.8, 4) is 0 Å². The molecule has 0 fully saturated rings. The first-order valence-corrected chi connectivity index (χ1v) is 24.3. The second kappa shape index (κ2) is 45.8. The van der Waals surface area contributed by atoms with Crippen molar-refractivity contribution < 1.29 is 24.5 Å². The molecule has 0 spiro atoms. The molecule has 3 N–H and O–H groups in total. The van der Waals surface area contributed by atoms with Crippen LogP contribution >= 0.6 is 0 Å². The van der Waals surface area contributed by atoms with Gasteiger partial charge in [0.2, 0.25) is 5.91 Å². The average molecular weight is 788 g/mol. The van der Waals surface area contributed by atoms with Gasteiger partial charge in [-0.3, -0.25) is 9.59 Å². The van der Waals surface area contributed by atoms with Crippen LogP contribution in [-0.2, 0) is 14.3 Å². The maximum atomic E-state index is 12.4. The Kier molecular flexibility index (Phi) is 44.2. The predicted octanol–water partition coefficient (Wildman–Crippen LogP) is 14.1. The monoisotopic (exact) mass is 788 g/mol. The van der Waals surface area contributed by atoms with Crippen molar-refractivity contribution in [3.63, 3.8) is 0 Å². The van der Waals surface area contributed by atoms with Crippen LogP contribution in [0.15, 0.2) is 36.5 Å². The van der Waals surface area contributed by atoms with Crippen LogP contribution in [0.25, 0.3) is 0 Å². The van der Waals surface area contributed by atoms with Gasteiger partial charge in [0.05, 0.1) is 25.4 Å². The highest BCUT2D eigenvalue weighted by molar-refractivity contribution is 5.76. The maximum absolute atomic E-state index is 12.4. The average Bonchev–Trinajstić information content (AvgIpc) is 3.20. The Morgan fingerprint density at radius 2 is 0.929 bits per heavy atom. The third-order valence-corrected chi connectivity index (χ3v) is 10.9. The minimum Gasteiger partial charge on any atom is -0.466 e. The Morgan fingerprint density at radius 3 is 1.43 bits per heavy atom. The van der Waals surface area contributed by atoms with Gasteiger partial charge in [0, 0.05) is 12.8 Å². The zero-order chi connectivity index (χ0) is 40.8. The molecule has 0 radical (unpaired) electrons. The van der Waals surface area contributed by atoms with Crippen molar-refractivity contribution in [3.05, 3.63) is 36.5 Å². The lowest BCUT2D eigenvalue weighted by Crippen LogP contribution is -2.45. The number of amides is 1. The Balaban J connectivity index is 3.55. The highest BCUT2D eigenvalue weighted by Gasteiger charge is 2.18. The van der Waals surface area contributed by atoms with E-state index in [1.165, 1.54) is 148 Å². The van der Waals surface area contributed by atoms with Crippen molar-refractivity contribution in [1.29, 1.82) is 0 Å². The SMILES string of the molecule is CCC/C=C\C/C=C\CCCCCCCC(=O)OCCCCCCCCCCCCC(=O)NC(CO)C(O)/C=C/CCCCCCCCCCCCCCCC. The number of unbranched alkanes of at least 4 members (excludes halogenated alkanes) is 29. The summed E-state index contributed by atoms with van der Waals surface area (Å²) in [7, 11) is 0. The molecular weight excluding hydrogens is 695 g/mol. The summed E-state index contributed by atoms with van der Waals surface area (Å²) in [5.41, 5.74) is 0. The molecule has 0 saturated carbocycles. The molecular formula is C50H93NO5. The Bertz CT molecular complexity index is 915. The predicted molar refractivity (Wildman–Crippen MR) is 241 cm³/mol. The second-order valence-electron chi connectivity index (χ2n) is 16.4. The third-order valence-electron chi connectivity index (χ3n) is 10.9. The number of carbonyl (C=O) groups is 2. The van der Waals surface area contributed by atoms with Gasteiger partial charge in [0.15, 0.2) is 0 Å². The maximum Gasteiger partial charge on any atom is 0.305 e. The van der Waals surface area contributed by atoms with Crippen LogP contribution in [0.4, 0.5) is 0 Å². The third kappa shape index (κ3) is 41.7. The first kappa shape index (κ1) is 54.1. The fraction of sp³-hybridized carbons (Fsp3) is 0.840. The molecule has 328 valence electrons. The first-order valence-electron chi connectivity index (χ1n) is 24.3. The molecule has 0 heterocycles. The lowest BCUT2D eigenvalue weighted by Gasteiger charge is -2.20. The van der Waals surface area contributed by atoms with E-state index >= 15 is 0 Å². The Morgan fingerprint density at radius 1 is 0.500 bits per heavy atom. The molecule has 0 aromatic carbocycles. The molecule has 0 aromatic rings. The molecule has 0 rings (SSSR count). The summed E-state index contributed by atoms with van der Waals surface area (Å²) < 4.78 is 5.43. The van der Waals surface area contributed by atoms with Gasteiger partial charge in [-0.2, -0.15) is 0 Å². The number of hydrogen-bond donors (Lipinski definition) is 3. The summed E-state index contributed by atoms with van der Waals surface area (Å²) in [5, 5.41) is 23.0. The number of esters is 1. The van der Waals surface area contributed by atoms with Gasteiger partial charge in [-0.1, -0.05) is 211 Å². The molecule has 6 heteroatoms. The molecule has 0 bridgehead atoms. The number of rotatable bonds is 44. The van der Waals surface area contributed by atoms with Crippen molar-refractivity contribution in [1.82, 2.24) is 5.32 Å². The fourth-order valence-corrected chi connectivity index (χ4v) is 7.14. The molecule has 0 aromatic heterocycles. The molecule has 2 atom stereocenters. The van der Waals surface area contributed by atoms with Gasteiger partial charge in [-0.15, -0.1) is 0 Å². The van der Waals surface area contributed by atoms with Crippen LogP contribution in [0, 0.1) is 0 Å². The standard InChI is InChI=1S/C50H93NO5/c1-3-5-7-9-11-13-15-17-18-19-21-22-26-30-34-38-42-48(53)47(46-52)51-49(54)43-39-35-31-27-24-25-29-33-37-41-45-56-50(55)44-40-36-32-28-23-20-16-14-12-10-8-6-4-2/h8,10,14,16,38,42,47-48,52-53H,3-7,9,11-13,15,17-37,39-41,43-46H2,1-2H3,(H,51,54)/b10-8-,16-14-,42-38+. The van der Waals surface area contributed by atoms with E-state index in [1.54, 1.807) is 6.08 Å². The number of allylic oxidation sites excluding steroid dienone is 5. The summed E-state index contributed by atoms with van der Waals surface area (Å²) >= 11 is 0. The number of nitrogens with one attached hydrogen (secondary N) is 1. The largest absolute Gasteiger partial charge is 0.466 e. The fourth-order valence-electron chi connectivity index (χ4n) is 7.14. The number of carbonyl (C=O) groups excluding carboxylic acids is 2. The van der Waals surface area contributed by atoms with Gasteiger partial charge in [0.1, 0.15) is 0 Å². The number of aliphatic hydroxyl groups excluding tert-OH is 2. The van der Waals surface area contributed by atoms with Crippen molar-refractivity contribution in [2.75, 3.05) is 13.2 Å². The number of aliphatic hydroxyl groups is 2. The van der Waals surface area contributed by atoms with Gasteiger partial charge >= 0.3 is 5.97 Å². The molecule has 0 aliphatic rings. The summed E-state index contributed by atoms with van der Waals surface area (Å²) in [6.07, 6.45) is 54.1. The van der Waals surface area contributed by atoms with Crippen LogP contribution < -0.4 is 5.32 Å².